The molecule has 0 saturated heterocycles. The molecule has 4 aromatic rings. The number of sulfonamides is 1. The summed E-state index contributed by atoms with van der Waals surface area (Å²) in [5.41, 5.74) is 2.49. The summed E-state index contributed by atoms with van der Waals surface area (Å²) in [7, 11) is -3.77. The molecule has 3 aromatic carbocycles. The summed E-state index contributed by atoms with van der Waals surface area (Å²) in [6.45, 7) is 0.594. The number of hydrogen-bond acceptors (Lipinski definition) is 5. The van der Waals surface area contributed by atoms with Gasteiger partial charge in [0.25, 0.3) is 10.0 Å². The van der Waals surface area contributed by atoms with Gasteiger partial charge in [-0.25, -0.2) is 18.4 Å². The molecule has 0 fully saturated rings. The fourth-order valence-corrected chi connectivity index (χ4v) is 3.98. The van der Waals surface area contributed by atoms with E-state index in [0.29, 0.717) is 23.4 Å². The van der Waals surface area contributed by atoms with Crippen LogP contribution in [-0.2, 0) is 16.4 Å². The van der Waals surface area contributed by atoms with Crippen molar-refractivity contribution in [2.75, 3.05) is 16.6 Å². The highest BCUT2D eigenvalue weighted by atomic mass is 32.2. The molecule has 2 N–H and O–H groups in total. The van der Waals surface area contributed by atoms with E-state index in [1.807, 2.05) is 48.5 Å². The van der Waals surface area contributed by atoms with Gasteiger partial charge in [0, 0.05) is 6.54 Å². The van der Waals surface area contributed by atoms with Crippen LogP contribution in [0.25, 0.3) is 11.0 Å². The molecular weight excluding hydrogens is 384 g/mol. The number of hydrogen-bond donors (Lipinski definition) is 2. The number of para-hydroxylation sites is 2. The van der Waals surface area contributed by atoms with Crippen molar-refractivity contribution in [1.82, 2.24) is 9.97 Å². The molecule has 7 heteroatoms. The molecule has 4 rings (SSSR count). The third kappa shape index (κ3) is 4.52. The maximum absolute atomic E-state index is 12.8. The Labute approximate surface area is 169 Å². The molecular formula is C22H20N4O2S. The van der Waals surface area contributed by atoms with Crippen LogP contribution in [0, 0.1) is 0 Å². The molecule has 0 aliphatic carbocycles. The third-order valence-electron chi connectivity index (χ3n) is 4.40. The fourth-order valence-electron chi connectivity index (χ4n) is 2.95. The summed E-state index contributed by atoms with van der Waals surface area (Å²) in [6.07, 6.45) is 0.778. The first kappa shape index (κ1) is 18.9. The maximum Gasteiger partial charge on any atom is 0.263 e. The number of nitrogens with one attached hydrogen (secondary N) is 2. The lowest BCUT2D eigenvalue weighted by Gasteiger charge is -2.14. The van der Waals surface area contributed by atoms with Crippen LogP contribution in [0.4, 0.5) is 11.6 Å². The number of aromatic nitrogens is 2. The molecule has 1 heterocycles. The predicted octanol–water partition coefficient (Wildman–Crippen LogP) is 4.09. The highest BCUT2D eigenvalue weighted by molar-refractivity contribution is 7.92. The molecule has 0 unspecified atom stereocenters. The van der Waals surface area contributed by atoms with Crippen LogP contribution in [0.5, 0.6) is 0 Å². The molecule has 0 radical (unpaired) electrons. The summed E-state index contributed by atoms with van der Waals surface area (Å²) < 4.78 is 28.1. The van der Waals surface area contributed by atoms with Crippen LogP contribution in [-0.4, -0.2) is 24.9 Å². The highest BCUT2D eigenvalue weighted by Crippen LogP contribution is 2.24. The number of anilines is 2. The second-order valence-corrected chi connectivity index (χ2v) is 8.17. The van der Waals surface area contributed by atoms with E-state index in [0.717, 1.165) is 6.42 Å². The number of nitrogens with zero attached hydrogens (tertiary/aromatic N) is 2. The molecule has 0 spiro atoms. The van der Waals surface area contributed by atoms with Crippen LogP contribution >= 0.6 is 0 Å². The maximum atomic E-state index is 12.8. The SMILES string of the molecule is O=S(=O)(Nc1nc2ccccc2nc1NCCc1ccccc1)c1ccccc1. The molecule has 6 nitrogen and oxygen atoms in total. The summed E-state index contributed by atoms with van der Waals surface area (Å²) in [4.78, 5) is 9.25. The minimum absolute atomic E-state index is 0.171. The molecule has 29 heavy (non-hydrogen) atoms. The van der Waals surface area contributed by atoms with E-state index < -0.39 is 10.0 Å². The standard InChI is InChI=1S/C22H20N4O2S/c27-29(28,18-11-5-2-6-12-18)26-22-21(23-16-15-17-9-3-1-4-10-17)24-19-13-7-8-14-20(19)25-22/h1-14H,15-16H2,(H,23,24)(H,25,26). The van der Waals surface area contributed by atoms with Crippen molar-refractivity contribution in [2.24, 2.45) is 0 Å². The van der Waals surface area contributed by atoms with Gasteiger partial charge in [-0.2, -0.15) is 0 Å². The zero-order valence-electron chi connectivity index (χ0n) is 15.6. The summed E-state index contributed by atoms with van der Waals surface area (Å²) in [6, 6.07) is 25.6. The van der Waals surface area contributed by atoms with Crippen molar-refractivity contribution >= 4 is 32.7 Å². The van der Waals surface area contributed by atoms with Gasteiger partial charge in [-0.05, 0) is 36.2 Å². The van der Waals surface area contributed by atoms with Gasteiger partial charge in [0.05, 0.1) is 15.9 Å². The molecule has 0 bridgehead atoms. The molecule has 0 atom stereocenters. The predicted molar refractivity (Wildman–Crippen MR) is 115 cm³/mol. The van der Waals surface area contributed by atoms with Crippen LogP contribution < -0.4 is 10.0 Å². The van der Waals surface area contributed by atoms with Gasteiger partial charge in [0.2, 0.25) is 0 Å². The molecule has 1 aromatic heterocycles. The Bertz CT molecular complexity index is 1210. The van der Waals surface area contributed by atoms with Crippen molar-refractivity contribution < 1.29 is 8.42 Å². The van der Waals surface area contributed by atoms with Crippen molar-refractivity contribution in [1.29, 1.82) is 0 Å². The second kappa shape index (κ2) is 8.28. The highest BCUT2D eigenvalue weighted by Gasteiger charge is 2.18. The van der Waals surface area contributed by atoms with E-state index in [-0.39, 0.29) is 10.7 Å². The van der Waals surface area contributed by atoms with Crippen LogP contribution in [0.2, 0.25) is 0 Å². The van der Waals surface area contributed by atoms with Crippen LogP contribution in [0.3, 0.4) is 0 Å². The molecule has 0 aliphatic heterocycles. The lowest BCUT2D eigenvalue weighted by molar-refractivity contribution is 0.601. The molecule has 0 saturated carbocycles. The third-order valence-corrected chi connectivity index (χ3v) is 5.76. The Morgan fingerprint density at radius 3 is 1.90 bits per heavy atom. The van der Waals surface area contributed by atoms with Gasteiger partial charge in [0.1, 0.15) is 0 Å². The van der Waals surface area contributed by atoms with E-state index in [1.165, 1.54) is 5.56 Å². The van der Waals surface area contributed by atoms with Gasteiger partial charge >= 0.3 is 0 Å². The molecule has 146 valence electrons. The van der Waals surface area contributed by atoms with E-state index >= 15 is 0 Å². The lowest BCUT2D eigenvalue weighted by atomic mass is 10.1. The van der Waals surface area contributed by atoms with E-state index in [4.69, 9.17) is 0 Å². The summed E-state index contributed by atoms with van der Waals surface area (Å²) >= 11 is 0. The Morgan fingerprint density at radius 2 is 1.24 bits per heavy atom. The summed E-state index contributed by atoms with van der Waals surface area (Å²) in [5, 5.41) is 3.23. The average molecular weight is 404 g/mol. The normalized spacial score (nSPS) is 11.3. The van der Waals surface area contributed by atoms with E-state index in [2.05, 4.69) is 20.0 Å². The first-order valence-corrected chi connectivity index (χ1v) is 10.7. The first-order valence-electron chi connectivity index (χ1n) is 9.24. The van der Waals surface area contributed by atoms with Crippen molar-refractivity contribution in [3.05, 3.63) is 90.5 Å². The number of fused-ring (bicyclic) bond motifs is 1. The summed E-state index contributed by atoms with van der Waals surface area (Å²) in [5.74, 6) is 0.583. The minimum atomic E-state index is -3.77. The smallest absolute Gasteiger partial charge is 0.263 e. The molecule has 0 amide bonds. The molecule has 0 aliphatic rings. The van der Waals surface area contributed by atoms with Crippen LogP contribution in [0.15, 0.2) is 89.8 Å². The zero-order valence-corrected chi connectivity index (χ0v) is 16.4. The lowest BCUT2D eigenvalue weighted by Crippen LogP contribution is -2.17. The van der Waals surface area contributed by atoms with Gasteiger partial charge in [-0.15, -0.1) is 0 Å². The van der Waals surface area contributed by atoms with Gasteiger partial charge in [0.15, 0.2) is 11.6 Å². The van der Waals surface area contributed by atoms with Crippen LogP contribution in [0.1, 0.15) is 5.56 Å². The quantitative estimate of drug-likeness (QED) is 0.485. The first-order chi connectivity index (χ1) is 14.1. The van der Waals surface area contributed by atoms with Crippen molar-refractivity contribution in [3.8, 4) is 0 Å². The average Bonchev–Trinajstić information content (AvgIpc) is 2.75. The Balaban J connectivity index is 1.63. The Morgan fingerprint density at radius 1 is 0.690 bits per heavy atom. The minimum Gasteiger partial charge on any atom is -0.367 e. The topological polar surface area (TPSA) is 84.0 Å². The van der Waals surface area contributed by atoms with E-state index in [1.54, 1.807) is 36.4 Å². The number of benzene rings is 3. The van der Waals surface area contributed by atoms with Crippen molar-refractivity contribution in [3.63, 3.8) is 0 Å². The Kier molecular flexibility index (Phi) is 5.39. The second-order valence-electron chi connectivity index (χ2n) is 6.49. The Hall–Kier alpha value is -3.45. The van der Waals surface area contributed by atoms with Gasteiger partial charge in [-0.3, -0.25) is 4.72 Å². The van der Waals surface area contributed by atoms with Crippen molar-refractivity contribution in [2.45, 2.75) is 11.3 Å². The zero-order chi connectivity index (χ0) is 20.1. The monoisotopic (exact) mass is 404 g/mol. The van der Waals surface area contributed by atoms with Gasteiger partial charge in [-0.1, -0.05) is 60.7 Å². The largest absolute Gasteiger partial charge is 0.367 e. The number of rotatable bonds is 7. The van der Waals surface area contributed by atoms with Gasteiger partial charge < -0.3 is 5.32 Å². The van der Waals surface area contributed by atoms with E-state index in [9.17, 15) is 8.42 Å². The fraction of sp³-hybridized carbons (Fsp3) is 0.0909.